The molecule has 0 aromatic carbocycles. The lowest BCUT2D eigenvalue weighted by molar-refractivity contribution is -0.150. The minimum atomic E-state index is -0.602. The molecule has 0 aromatic rings. The quantitative estimate of drug-likeness (QED) is 0.130. The fourth-order valence-electron chi connectivity index (χ4n) is 4.12. The lowest BCUT2D eigenvalue weighted by Gasteiger charge is -2.28. The maximum atomic E-state index is 12.4. The molecule has 32 heavy (non-hydrogen) atoms. The zero-order chi connectivity index (χ0) is 24.0. The second kappa shape index (κ2) is 21.6. The number of carbonyl (C=O) groups is 2. The van der Waals surface area contributed by atoms with Crippen molar-refractivity contribution in [2.75, 3.05) is 20.3 Å². The number of hydrogen-bond donors (Lipinski definition) is 0. The van der Waals surface area contributed by atoms with Gasteiger partial charge in [0.15, 0.2) is 0 Å². The van der Waals surface area contributed by atoms with Crippen LogP contribution in [-0.2, 0) is 14.3 Å². The Morgan fingerprint density at radius 2 is 1.06 bits per heavy atom. The van der Waals surface area contributed by atoms with E-state index in [2.05, 4.69) is 6.92 Å². The molecule has 0 aromatic heterocycles. The van der Waals surface area contributed by atoms with Gasteiger partial charge in [0.25, 0.3) is 0 Å². The summed E-state index contributed by atoms with van der Waals surface area (Å²) in [7, 11) is 1.60. The zero-order valence-electron chi connectivity index (χ0n) is 22.0. The molecule has 0 aliphatic rings. The van der Waals surface area contributed by atoms with Gasteiger partial charge in [0.1, 0.15) is 6.04 Å². The van der Waals surface area contributed by atoms with Crippen molar-refractivity contribution in [1.82, 2.24) is 4.90 Å². The van der Waals surface area contributed by atoms with Gasteiger partial charge in [-0.1, -0.05) is 117 Å². The smallest absolute Gasteiger partial charge is 0.410 e. The van der Waals surface area contributed by atoms with E-state index in [1.54, 1.807) is 14.0 Å². The standard InChI is InChI=1S/C27H53NO4/c1-6-8-9-10-11-12-13-14-15-16-17-18-19-20-21-22-23-32-26(29)25(24(3)4)28(5)27(30)31-7-2/h24-25H,6-23H2,1-5H3. The van der Waals surface area contributed by atoms with Crippen LogP contribution in [0, 0.1) is 5.92 Å². The molecule has 0 bridgehead atoms. The molecule has 0 aliphatic carbocycles. The van der Waals surface area contributed by atoms with E-state index in [0.29, 0.717) is 13.2 Å². The first-order chi connectivity index (χ1) is 15.5. The first-order valence-electron chi connectivity index (χ1n) is 13.5. The summed E-state index contributed by atoms with van der Waals surface area (Å²) in [5.74, 6) is -0.362. The molecular formula is C27H53NO4. The van der Waals surface area contributed by atoms with Crippen LogP contribution in [0.5, 0.6) is 0 Å². The summed E-state index contributed by atoms with van der Waals surface area (Å²) in [5, 5.41) is 0. The molecule has 0 saturated carbocycles. The molecule has 0 spiro atoms. The highest BCUT2D eigenvalue weighted by Crippen LogP contribution is 2.15. The van der Waals surface area contributed by atoms with Gasteiger partial charge in [-0.3, -0.25) is 4.90 Å². The maximum Gasteiger partial charge on any atom is 0.410 e. The number of nitrogens with zero attached hydrogens (tertiary/aromatic N) is 1. The fraction of sp³-hybridized carbons (Fsp3) is 0.926. The minimum Gasteiger partial charge on any atom is -0.464 e. The normalized spacial score (nSPS) is 12.1. The Hall–Kier alpha value is -1.26. The molecule has 1 atom stereocenters. The molecule has 0 rings (SSSR count). The number of carbonyl (C=O) groups excluding carboxylic acids is 2. The number of hydrogen-bond acceptors (Lipinski definition) is 4. The number of amides is 1. The van der Waals surface area contributed by atoms with E-state index in [-0.39, 0.29) is 11.9 Å². The molecule has 190 valence electrons. The third-order valence-corrected chi connectivity index (χ3v) is 6.09. The summed E-state index contributed by atoms with van der Waals surface area (Å²) in [6.45, 7) is 8.58. The predicted octanol–water partition coefficient (Wildman–Crippen LogP) is 7.90. The molecule has 5 nitrogen and oxygen atoms in total. The highest BCUT2D eigenvalue weighted by molar-refractivity contribution is 5.81. The van der Waals surface area contributed by atoms with Gasteiger partial charge in [-0.15, -0.1) is 0 Å². The topological polar surface area (TPSA) is 55.8 Å². The first kappa shape index (κ1) is 30.7. The highest BCUT2D eigenvalue weighted by Gasteiger charge is 2.31. The highest BCUT2D eigenvalue weighted by atomic mass is 16.6. The van der Waals surface area contributed by atoms with E-state index in [0.717, 1.165) is 12.8 Å². The van der Waals surface area contributed by atoms with Gasteiger partial charge in [-0.2, -0.15) is 0 Å². The van der Waals surface area contributed by atoms with E-state index < -0.39 is 12.1 Å². The van der Waals surface area contributed by atoms with Crippen LogP contribution in [0.4, 0.5) is 4.79 Å². The van der Waals surface area contributed by atoms with Crippen molar-refractivity contribution >= 4 is 12.1 Å². The monoisotopic (exact) mass is 455 g/mol. The largest absolute Gasteiger partial charge is 0.464 e. The summed E-state index contributed by atoms with van der Waals surface area (Å²) in [5.41, 5.74) is 0. The zero-order valence-corrected chi connectivity index (χ0v) is 22.0. The van der Waals surface area contributed by atoms with Crippen molar-refractivity contribution in [2.24, 2.45) is 5.92 Å². The van der Waals surface area contributed by atoms with Gasteiger partial charge in [0.05, 0.1) is 13.2 Å². The van der Waals surface area contributed by atoms with Crippen molar-refractivity contribution in [3.8, 4) is 0 Å². The van der Waals surface area contributed by atoms with E-state index in [1.165, 1.54) is 94.8 Å². The average molecular weight is 456 g/mol. The Balaban J connectivity index is 3.60. The molecule has 0 N–H and O–H groups in total. The van der Waals surface area contributed by atoms with E-state index >= 15 is 0 Å². The molecule has 0 saturated heterocycles. The lowest BCUT2D eigenvalue weighted by Crippen LogP contribution is -2.46. The van der Waals surface area contributed by atoms with Gasteiger partial charge in [-0.25, -0.2) is 9.59 Å². The summed E-state index contributed by atoms with van der Waals surface area (Å²) in [6.07, 6.45) is 20.6. The summed E-state index contributed by atoms with van der Waals surface area (Å²) in [6, 6.07) is -0.602. The average Bonchev–Trinajstić information content (AvgIpc) is 2.75. The number of ether oxygens (including phenoxy) is 2. The Kier molecular flexibility index (Phi) is 20.7. The van der Waals surface area contributed by atoms with Gasteiger partial charge in [0.2, 0.25) is 0 Å². The third kappa shape index (κ3) is 16.4. The number of rotatable bonds is 21. The third-order valence-electron chi connectivity index (χ3n) is 6.09. The lowest BCUT2D eigenvalue weighted by atomic mass is 10.0. The number of likely N-dealkylation sites (N-methyl/N-ethyl adjacent to an activating group) is 1. The van der Waals surface area contributed by atoms with E-state index in [9.17, 15) is 9.59 Å². The van der Waals surface area contributed by atoms with E-state index in [4.69, 9.17) is 9.47 Å². The van der Waals surface area contributed by atoms with Gasteiger partial charge in [-0.05, 0) is 19.3 Å². The molecule has 0 aliphatic heterocycles. The Bertz CT molecular complexity index is 453. The van der Waals surface area contributed by atoms with Crippen LogP contribution >= 0.6 is 0 Å². The Morgan fingerprint density at radius 3 is 1.44 bits per heavy atom. The second-order valence-corrected chi connectivity index (χ2v) is 9.47. The first-order valence-corrected chi connectivity index (χ1v) is 13.5. The minimum absolute atomic E-state index is 0.0253. The molecule has 1 unspecified atom stereocenters. The SMILES string of the molecule is CCCCCCCCCCCCCCCCCCOC(=O)C(C(C)C)N(C)C(=O)OCC. The van der Waals surface area contributed by atoms with Gasteiger partial charge >= 0.3 is 12.1 Å². The van der Waals surface area contributed by atoms with Crippen molar-refractivity contribution < 1.29 is 19.1 Å². The molecular weight excluding hydrogens is 402 g/mol. The van der Waals surface area contributed by atoms with Crippen molar-refractivity contribution in [1.29, 1.82) is 0 Å². The number of unbranched alkanes of at least 4 members (excludes halogenated alkanes) is 15. The van der Waals surface area contributed by atoms with Crippen molar-refractivity contribution in [3.63, 3.8) is 0 Å². The predicted molar refractivity (Wildman–Crippen MR) is 134 cm³/mol. The maximum absolute atomic E-state index is 12.4. The van der Waals surface area contributed by atoms with Crippen LogP contribution < -0.4 is 0 Å². The van der Waals surface area contributed by atoms with Crippen LogP contribution in [0.3, 0.4) is 0 Å². The van der Waals surface area contributed by atoms with Gasteiger partial charge in [0, 0.05) is 7.05 Å². The van der Waals surface area contributed by atoms with Crippen LogP contribution in [0.25, 0.3) is 0 Å². The van der Waals surface area contributed by atoms with Crippen LogP contribution in [0.2, 0.25) is 0 Å². The Morgan fingerprint density at radius 1 is 0.656 bits per heavy atom. The molecule has 5 heteroatoms. The summed E-state index contributed by atoms with van der Waals surface area (Å²) >= 11 is 0. The summed E-state index contributed by atoms with van der Waals surface area (Å²) in [4.78, 5) is 25.7. The van der Waals surface area contributed by atoms with Crippen molar-refractivity contribution in [3.05, 3.63) is 0 Å². The number of esters is 1. The summed E-state index contributed by atoms with van der Waals surface area (Å²) < 4.78 is 10.4. The second-order valence-electron chi connectivity index (χ2n) is 9.47. The van der Waals surface area contributed by atoms with Gasteiger partial charge < -0.3 is 9.47 Å². The Labute approximate surface area is 199 Å². The molecule has 0 heterocycles. The van der Waals surface area contributed by atoms with Crippen molar-refractivity contribution in [2.45, 2.75) is 136 Å². The fourth-order valence-corrected chi connectivity index (χ4v) is 4.12. The molecule has 0 fully saturated rings. The van der Waals surface area contributed by atoms with E-state index in [1.807, 2.05) is 13.8 Å². The van der Waals surface area contributed by atoms with Crippen LogP contribution in [-0.4, -0.2) is 43.3 Å². The van der Waals surface area contributed by atoms with Crippen LogP contribution in [0.15, 0.2) is 0 Å². The molecule has 0 radical (unpaired) electrons. The molecule has 1 amide bonds. The van der Waals surface area contributed by atoms with Crippen LogP contribution in [0.1, 0.15) is 130 Å².